The maximum atomic E-state index is 11.1. The van der Waals surface area contributed by atoms with E-state index in [1.54, 1.807) is 12.1 Å². The molecule has 0 radical (unpaired) electrons. The SMILES string of the molecule is CCCC1(Cc2ccc(C(=O)O)cc2)Nc2ccc(C(O)c3ccccc3)cc2N1.Cl. The van der Waals surface area contributed by atoms with Crippen LogP contribution in [-0.4, -0.2) is 21.8 Å². The van der Waals surface area contributed by atoms with E-state index in [4.69, 9.17) is 5.11 Å². The molecule has 0 bridgehead atoms. The quantitative estimate of drug-likeness (QED) is 0.393. The Balaban J connectivity index is 0.00000272. The van der Waals surface area contributed by atoms with Crippen molar-refractivity contribution >= 4 is 29.8 Å². The Kier molecular flexibility index (Phi) is 6.88. The average molecular weight is 439 g/mol. The number of anilines is 2. The molecule has 2 unspecified atom stereocenters. The molecule has 0 fully saturated rings. The summed E-state index contributed by atoms with van der Waals surface area (Å²) in [6, 6.07) is 22.6. The molecule has 5 nitrogen and oxygen atoms in total. The maximum Gasteiger partial charge on any atom is 0.335 e. The number of rotatable bonds is 7. The Morgan fingerprint density at radius 3 is 2.26 bits per heavy atom. The fourth-order valence-electron chi connectivity index (χ4n) is 4.16. The zero-order chi connectivity index (χ0) is 21.1. The molecule has 31 heavy (non-hydrogen) atoms. The molecule has 162 valence electrons. The number of hydrogen-bond acceptors (Lipinski definition) is 4. The highest BCUT2D eigenvalue weighted by molar-refractivity contribution is 5.87. The third-order valence-electron chi connectivity index (χ3n) is 5.61. The van der Waals surface area contributed by atoms with Crippen LogP contribution in [0.1, 0.15) is 52.9 Å². The lowest BCUT2D eigenvalue weighted by molar-refractivity contribution is 0.0697. The van der Waals surface area contributed by atoms with E-state index in [1.807, 2.05) is 60.7 Å². The second-order valence-electron chi connectivity index (χ2n) is 7.88. The van der Waals surface area contributed by atoms with Crippen LogP contribution in [0.4, 0.5) is 11.4 Å². The van der Waals surface area contributed by atoms with Gasteiger partial charge in [-0.2, -0.15) is 0 Å². The van der Waals surface area contributed by atoms with Crippen LogP contribution in [-0.2, 0) is 6.42 Å². The van der Waals surface area contributed by atoms with Gasteiger partial charge in [-0.1, -0.05) is 61.9 Å². The van der Waals surface area contributed by atoms with Gasteiger partial charge < -0.3 is 20.8 Å². The van der Waals surface area contributed by atoms with Crippen LogP contribution >= 0.6 is 12.4 Å². The van der Waals surface area contributed by atoms with Crippen molar-refractivity contribution < 1.29 is 15.0 Å². The minimum atomic E-state index is -0.918. The summed E-state index contributed by atoms with van der Waals surface area (Å²) >= 11 is 0. The Bertz CT molecular complexity index is 1040. The highest BCUT2D eigenvalue weighted by Gasteiger charge is 2.35. The van der Waals surface area contributed by atoms with E-state index in [-0.39, 0.29) is 18.1 Å². The number of carboxylic acid groups (broad SMARTS) is 1. The first-order valence-electron chi connectivity index (χ1n) is 10.3. The third kappa shape index (κ3) is 4.84. The molecule has 1 aliphatic rings. The number of aromatic carboxylic acids is 1. The van der Waals surface area contributed by atoms with E-state index in [0.29, 0.717) is 12.0 Å². The highest BCUT2D eigenvalue weighted by Crippen LogP contribution is 2.40. The Labute approximate surface area is 188 Å². The lowest BCUT2D eigenvalue weighted by Gasteiger charge is -2.31. The van der Waals surface area contributed by atoms with Crippen molar-refractivity contribution in [2.45, 2.75) is 38.0 Å². The monoisotopic (exact) mass is 438 g/mol. The van der Waals surface area contributed by atoms with Crippen molar-refractivity contribution in [3.05, 3.63) is 95.1 Å². The normalized spacial score (nSPS) is 17.6. The number of aliphatic hydroxyl groups excluding tert-OH is 1. The van der Waals surface area contributed by atoms with Gasteiger partial charge in [0.25, 0.3) is 0 Å². The smallest absolute Gasteiger partial charge is 0.335 e. The Hall–Kier alpha value is -3.02. The summed E-state index contributed by atoms with van der Waals surface area (Å²) in [4.78, 5) is 11.1. The second-order valence-corrected chi connectivity index (χ2v) is 7.88. The van der Waals surface area contributed by atoms with Gasteiger partial charge in [0.2, 0.25) is 0 Å². The summed E-state index contributed by atoms with van der Waals surface area (Å²) in [7, 11) is 0. The zero-order valence-corrected chi connectivity index (χ0v) is 18.2. The van der Waals surface area contributed by atoms with Crippen molar-refractivity contribution in [2.24, 2.45) is 0 Å². The van der Waals surface area contributed by atoms with Crippen LogP contribution in [0.25, 0.3) is 0 Å². The van der Waals surface area contributed by atoms with Gasteiger partial charge in [0.1, 0.15) is 11.8 Å². The van der Waals surface area contributed by atoms with Crippen LogP contribution in [0.15, 0.2) is 72.8 Å². The van der Waals surface area contributed by atoms with Crippen molar-refractivity contribution in [3.63, 3.8) is 0 Å². The molecule has 0 aromatic heterocycles. The second kappa shape index (κ2) is 9.41. The predicted molar refractivity (Wildman–Crippen MR) is 126 cm³/mol. The first kappa shape index (κ1) is 22.7. The molecule has 1 heterocycles. The topological polar surface area (TPSA) is 81.6 Å². The van der Waals surface area contributed by atoms with Gasteiger partial charge in [0.05, 0.1) is 16.9 Å². The summed E-state index contributed by atoms with van der Waals surface area (Å²) in [6.07, 6.45) is 1.93. The van der Waals surface area contributed by atoms with Gasteiger partial charge in [0, 0.05) is 6.42 Å². The summed E-state index contributed by atoms with van der Waals surface area (Å²) < 4.78 is 0. The lowest BCUT2D eigenvalue weighted by Crippen LogP contribution is -2.44. The molecular weight excluding hydrogens is 412 g/mol. The number of fused-ring (bicyclic) bond motifs is 1. The van der Waals surface area contributed by atoms with Gasteiger partial charge in [-0.15, -0.1) is 12.4 Å². The van der Waals surface area contributed by atoms with E-state index >= 15 is 0 Å². The van der Waals surface area contributed by atoms with Crippen LogP contribution in [0.3, 0.4) is 0 Å². The number of nitrogens with one attached hydrogen (secondary N) is 2. The molecule has 0 aliphatic carbocycles. The summed E-state index contributed by atoms with van der Waals surface area (Å²) in [5, 5.41) is 27.2. The van der Waals surface area contributed by atoms with E-state index in [1.165, 1.54) is 0 Å². The van der Waals surface area contributed by atoms with E-state index in [9.17, 15) is 9.90 Å². The molecule has 2 atom stereocenters. The first-order valence-corrected chi connectivity index (χ1v) is 10.3. The van der Waals surface area contributed by atoms with Crippen LogP contribution in [0, 0.1) is 0 Å². The summed E-state index contributed by atoms with van der Waals surface area (Å²) in [6.45, 7) is 2.15. The van der Waals surface area contributed by atoms with Crippen molar-refractivity contribution in [1.82, 2.24) is 0 Å². The lowest BCUT2D eigenvalue weighted by atomic mass is 9.95. The highest BCUT2D eigenvalue weighted by atomic mass is 35.5. The molecule has 6 heteroatoms. The average Bonchev–Trinajstić information content (AvgIpc) is 3.11. The van der Waals surface area contributed by atoms with Gasteiger partial charge in [-0.05, 0) is 47.4 Å². The molecular formula is C25H27ClN2O3. The Morgan fingerprint density at radius 1 is 0.935 bits per heavy atom. The number of aliphatic hydroxyl groups is 1. The van der Waals surface area contributed by atoms with E-state index < -0.39 is 12.1 Å². The van der Waals surface area contributed by atoms with Crippen LogP contribution in [0.5, 0.6) is 0 Å². The minimum Gasteiger partial charge on any atom is -0.478 e. The van der Waals surface area contributed by atoms with Crippen molar-refractivity contribution in [1.29, 1.82) is 0 Å². The molecule has 3 aromatic carbocycles. The van der Waals surface area contributed by atoms with Gasteiger partial charge in [-0.3, -0.25) is 0 Å². The molecule has 3 aromatic rings. The first-order chi connectivity index (χ1) is 14.5. The largest absolute Gasteiger partial charge is 0.478 e. The fraction of sp³-hybridized carbons (Fsp3) is 0.240. The van der Waals surface area contributed by atoms with Gasteiger partial charge in [-0.25, -0.2) is 4.79 Å². The molecule has 0 amide bonds. The fourth-order valence-corrected chi connectivity index (χ4v) is 4.16. The molecule has 4 rings (SSSR count). The summed E-state index contributed by atoms with van der Waals surface area (Å²) in [5.74, 6) is -0.918. The van der Waals surface area contributed by atoms with Crippen LogP contribution in [0.2, 0.25) is 0 Å². The molecule has 0 saturated heterocycles. The van der Waals surface area contributed by atoms with Crippen molar-refractivity contribution in [2.75, 3.05) is 10.6 Å². The van der Waals surface area contributed by atoms with Gasteiger partial charge >= 0.3 is 5.97 Å². The van der Waals surface area contributed by atoms with E-state index in [0.717, 1.165) is 40.9 Å². The number of benzene rings is 3. The molecule has 4 N–H and O–H groups in total. The number of hydrogen-bond donors (Lipinski definition) is 4. The summed E-state index contributed by atoms with van der Waals surface area (Å²) in [5.41, 5.74) is 4.68. The minimum absolute atomic E-state index is 0. The number of carbonyl (C=O) groups is 1. The predicted octanol–water partition coefficient (Wildman–Crippen LogP) is 5.46. The van der Waals surface area contributed by atoms with Crippen molar-refractivity contribution in [3.8, 4) is 0 Å². The molecule has 0 saturated carbocycles. The number of halogens is 1. The molecule has 0 spiro atoms. The number of carboxylic acids is 1. The standard InChI is InChI=1S/C25H26N2O3.ClH/c1-2-14-25(16-17-8-10-19(11-9-17)24(29)30)26-21-13-12-20(15-22(21)27-25)23(28)18-6-4-3-5-7-18;/h3-13,15,23,26-28H,2,14,16H2,1H3,(H,29,30);1H. The van der Waals surface area contributed by atoms with Crippen LogP contribution < -0.4 is 10.6 Å². The van der Waals surface area contributed by atoms with Gasteiger partial charge in [0.15, 0.2) is 0 Å². The Morgan fingerprint density at radius 2 is 1.61 bits per heavy atom. The maximum absolute atomic E-state index is 11.1. The zero-order valence-electron chi connectivity index (χ0n) is 17.3. The van der Waals surface area contributed by atoms with E-state index in [2.05, 4.69) is 17.6 Å². The third-order valence-corrected chi connectivity index (χ3v) is 5.61. The molecule has 1 aliphatic heterocycles.